The van der Waals surface area contributed by atoms with Crippen molar-refractivity contribution in [3.05, 3.63) is 17.5 Å². The second-order valence-corrected chi connectivity index (χ2v) is 5.90. The zero-order chi connectivity index (χ0) is 18.8. The summed E-state index contributed by atoms with van der Waals surface area (Å²) in [6.07, 6.45) is -4.51. The lowest BCUT2D eigenvalue weighted by Gasteiger charge is -2.17. The molecule has 1 atom stereocenters. The van der Waals surface area contributed by atoms with E-state index in [2.05, 4.69) is 15.7 Å². The highest BCUT2D eigenvalue weighted by Crippen LogP contribution is 2.30. The first-order valence-corrected chi connectivity index (χ1v) is 7.54. The second kappa shape index (κ2) is 7.11. The Balaban J connectivity index is 1.87. The van der Waals surface area contributed by atoms with Crippen LogP contribution in [0.15, 0.2) is 6.07 Å². The first-order valence-electron chi connectivity index (χ1n) is 7.54. The van der Waals surface area contributed by atoms with Gasteiger partial charge >= 0.3 is 12.2 Å². The van der Waals surface area contributed by atoms with E-state index in [1.165, 1.54) is 6.92 Å². The van der Waals surface area contributed by atoms with Crippen LogP contribution < -0.4 is 10.6 Å². The van der Waals surface area contributed by atoms with Crippen molar-refractivity contribution in [2.45, 2.75) is 26.6 Å². The summed E-state index contributed by atoms with van der Waals surface area (Å²) >= 11 is 0. The van der Waals surface area contributed by atoms with Crippen molar-refractivity contribution >= 4 is 17.8 Å². The fourth-order valence-electron chi connectivity index (χ4n) is 2.38. The molecule has 2 heterocycles. The van der Waals surface area contributed by atoms with Gasteiger partial charge in [0.2, 0.25) is 5.91 Å². The van der Waals surface area contributed by atoms with Crippen molar-refractivity contribution in [2.24, 2.45) is 5.92 Å². The van der Waals surface area contributed by atoms with Crippen LogP contribution in [0.2, 0.25) is 0 Å². The number of carbonyl (C=O) groups excluding carboxylic acids is 3. The summed E-state index contributed by atoms with van der Waals surface area (Å²) in [6, 6.07) is 0.318. The molecule has 1 aromatic rings. The number of alkyl halides is 3. The van der Waals surface area contributed by atoms with Gasteiger partial charge in [-0.25, -0.2) is 4.79 Å². The summed E-state index contributed by atoms with van der Waals surface area (Å²) in [5.74, 6) is -1.41. The van der Waals surface area contributed by atoms with E-state index in [9.17, 15) is 27.6 Å². The van der Waals surface area contributed by atoms with Crippen molar-refractivity contribution < 1.29 is 27.6 Å². The molecule has 0 spiro atoms. The number of imide groups is 1. The molecule has 25 heavy (non-hydrogen) atoms. The van der Waals surface area contributed by atoms with E-state index in [4.69, 9.17) is 0 Å². The lowest BCUT2D eigenvalue weighted by molar-refractivity contribution is -0.144. The Kier molecular flexibility index (Phi) is 5.33. The molecule has 1 saturated heterocycles. The van der Waals surface area contributed by atoms with Gasteiger partial charge in [0.15, 0.2) is 0 Å². The summed E-state index contributed by atoms with van der Waals surface area (Å²) in [5.41, 5.74) is -0.593. The largest absolute Gasteiger partial charge is 0.433 e. The summed E-state index contributed by atoms with van der Waals surface area (Å²) in [5, 5.41) is 8.61. The molecule has 138 valence electrons. The maximum atomic E-state index is 12.9. The van der Waals surface area contributed by atoms with Gasteiger partial charge in [0.05, 0.1) is 12.2 Å². The number of hydrogen-bond donors (Lipinski definition) is 2. The third-order valence-electron chi connectivity index (χ3n) is 3.56. The van der Waals surface area contributed by atoms with E-state index >= 15 is 0 Å². The molecular weight excluding hydrogens is 343 g/mol. The summed E-state index contributed by atoms with van der Waals surface area (Å²) in [6.45, 7) is 2.60. The van der Waals surface area contributed by atoms with Crippen LogP contribution in [0.25, 0.3) is 0 Å². The number of aryl methyl sites for hydroxylation is 1. The number of halogens is 3. The fourth-order valence-corrected chi connectivity index (χ4v) is 2.38. The van der Waals surface area contributed by atoms with E-state index in [0.717, 1.165) is 15.6 Å². The van der Waals surface area contributed by atoms with E-state index in [1.54, 1.807) is 6.92 Å². The van der Waals surface area contributed by atoms with E-state index in [1.807, 2.05) is 0 Å². The molecule has 0 radical (unpaired) electrons. The van der Waals surface area contributed by atoms with Crippen LogP contribution in [-0.4, -0.2) is 52.2 Å². The van der Waals surface area contributed by atoms with Gasteiger partial charge in [-0.05, 0) is 18.9 Å². The lowest BCUT2D eigenvalue weighted by atomic mass is 10.2. The predicted molar refractivity (Wildman–Crippen MR) is 79.3 cm³/mol. The highest BCUT2D eigenvalue weighted by molar-refractivity contribution is 6.04. The number of nitrogens with one attached hydrogen (secondary N) is 2. The van der Waals surface area contributed by atoms with Crippen molar-refractivity contribution in [1.82, 2.24) is 25.3 Å². The quantitative estimate of drug-likeness (QED) is 0.722. The topological polar surface area (TPSA) is 96.3 Å². The number of amides is 4. The second-order valence-electron chi connectivity index (χ2n) is 5.90. The highest BCUT2D eigenvalue weighted by Gasteiger charge is 2.35. The van der Waals surface area contributed by atoms with E-state index < -0.39 is 36.3 Å². The standard InChI is InChI=1S/C14H18F3N5O3/c1-8(6-22-10(14(15,16)17)3-9(2)20-22)4-18-11(23)7-21-12(24)5-19-13(21)25/h3,8H,4-7H2,1-2H3,(H,18,23)(H,19,25). The zero-order valence-corrected chi connectivity index (χ0v) is 13.7. The average molecular weight is 361 g/mol. The summed E-state index contributed by atoms with van der Waals surface area (Å²) in [4.78, 5) is 35.3. The zero-order valence-electron chi connectivity index (χ0n) is 13.7. The van der Waals surface area contributed by atoms with Gasteiger partial charge in [0, 0.05) is 13.1 Å². The monoisotopic (exact) mass is 361 g/mol. The molecule has 4 amide bonds. The Morgan fingerprint density at radius 1 is 1.44 bits per heavy atom. The van der Waals surface area contributed by atoms with Crippen LogP contribution in [-0.2, 0) is 22.3 Å². The SMILES string of the molecule is Cc1cc(C(F)(F)F)n(CC(C)CNC(=O)CN2C(=O)CNC2=O)n1. The minimum Gasteiger partial charge on any atom is -0.354 e. The smallest absolute Gasteiger partial charge is 0.354 e. The molecule has 0 saturated carbocycles. The molecule has 0 bridgehead atoms. The molecule has 1 aliphatic rings. The van der Waals surface area contributed by atoms with Crippen molar-refractivity contribution in [3.8, 4) is 0 Å². The van der Waals surface area contributed by atoms with Gasteiger partial charge < -0.3 is 10.6 Å². The number of hydrogen-bond acceptors (Lipinski definition) is 4. The minimum atomic E-state index is -4.51. The maximum Gasteiger partial charge on any atom is 0.433 e. The molecule has 8 nitrogen and oxygen atoms in total. The van der Waals surface area contributed by atoms with Crippen LogP contribution >= 0.6 is 0 Å². The molecule has 1 fully saturated rings. The highest BCUT2D eigenvalue weighted by atomic mass is 19.4. The van der Waals surface area contributed by atoms with Crippen molar-refractivity contribution in [3.63, 3.8) is 0 Å². The van der Waals surface area contributed by atoms with Gasteiger partial charge in [0.1, 0.15) is 12.2 Å². The molecule has 2 rings (SSSR count). The van der Waals surface area contributed by atoms with Crippen molar-refractivity contribution in [2.75, 3.05) is 19.6 Å². The Morgan fingerprint density at radius 3 is 2.68 bits per heavy atom. The van der Waals surface area contributed by atoms with Crippen LogP contribution in [0, 0.1) is 12.8 Å². The normalized spacial score (nSPS) is 16.1. The number of aromatic nitrogens is 2. The van der Waals surface area contributed by atoms with Gasteiger partial charge in [-0.3, -0.25) is 19.2 Å². The third kappa shape index (κ3) is 4.70. The Labute approximate surface area is 141 Å². The van der Waals surface area contributed by atoms with Crippen LogP contribution in [0.1, 0.15) is 18.3 Å². The molecule has 0 aliphatic carbocycles. The van der Waals surface area contributed by atoms with Gasteiger partial charge in [0.25, 0.3) is 5.91 Å². The van der Waals surface area contributed by atoms with E-state index in [-0.39, 0.29) is 31.2 Å². The van der Waals surface area contributed by atoms with Crippen molar-refractivity contribution in [1.29, 1.82) is 0 Å². The third-order valence-corrected chi connectivity index (χ3v) is 3.56. The van der Waals surface area contributed by atoms with Crippen LogP contribution in [0.3, 0.4) is 0 Å². The molecule has 11 heteroatoms. The average Bonchev–Trinajstić information content (AvgIpc) is 3.02. The first kappa shape index (κ1) is 18.7. The lowest BCUT2D eigenvalue weighted by Crippen LogP contribution is -2.42. The predicted octanol–water partition coefficient (Wildman–Crippen LogP) is 0.514. The summed E-state index contributed by atoms with van der Waals surface area (Å²) < 4.78 is 39.6. The van der Waals surface area contributed by atoms with Crippen LogP contribution in [0.4, 0.5) is 18.0 Å². The van der Waals surface area contributed by atoms with Gasteiger partial charge in [-0.2, -0.15) is 18.3 Å². The molecular formula is C14H18F3N5O3. The molecule has 1 unspecified atom stereocenters. The number of rotatable bonds is 6. The molecule has 1 aromatic heterocycles. The summed E-state index contributed by atoms with van der Waals surface area (Å²) in [7, 11) is 0. The van der Waals surface area contributed by atoms with Gasteiger partial charge in [-0.1, -0.05) is 6.92 Å². The number of urea groups is 1. The number of carbonyl (C=O) groups is 3. The number of nitrogens with zero attached hydrogens (tertiary/aromatic N) is 3. The fraction of sp³-hybridized carbons (Fsp3) is 0.571. The Hall–Kier alpha value is -2.59. The Morgan fingerprint density at radius 2 is 2.12 bits per heavy atom. The van der Waals surface area contributed by atoms with E-state index in [0.29, 0.717) is 0 Å². The molecule has 1 aliphatic heterocycles. The minimum absolute atomic E-state index is 0.0356. The molecule has 2 N–H and O–H groups in total. The van der Waals surface area contributed by atoms with Gasteiger partial charge in [-0.15, -0.1) is 0 Å². The molecule has 0 aromatic carbocycles. The Bertz CT molecular complexity index is 670. The maximum absolute atomic E-state index is 12.9. The van der Waals surface area contributed by atoms with Crippen LogP contribution in [0.5, 0.6) is 0 Å². The first-order chi connectivity index (χ1) is 11.6.